The van der Waals surface area contributed by atoms with E-state index in [1.165, 1.54) is 6.92 Å². The molecule has 0 aromatic rings. The minimum atomic E-state index is -4.59. The number of rotatable bonds is 5. The normalized spacial score (nSPS) is 19.1. The molecule has 0 heterocycles. The Morgan fingerprint density at radius 1 is 1.50 bits per heavy atom. The first-order chi connectivity index (χ1) is 9.21. The topological polar surface area (TPSA) is 84.3 Å². The van der Waals surface area contributed by atoms with Gasteiger partial charge >= 0.3 is 6.18 Å². The lowest BCUT2D eigenvalue weighted by Crippen LogP contribution is -2.40. The van der Waals surface area contributed by atoms with Crippen LogP contribution >= 0.6 is 0 Å². The van der Waals surface area contributed by atoms with Crippen molar-refractivity contribution in [3.05, 3.63) is 33.5 Å². The van der Waals surface area contributed by atoms with E-state index in [1.807, 2.05) is 0 Å². The lowest BCUT2D eigenvalue weighted by Gasteiger charge is -2.20. The van der Waals surface area contributed by atoms with Crippen molar-refractivity contribution < 1.29 is 22.9 Å². The number of carbonyl (C=O) groups is 1. The van der Waals surface area contributed by atoms with Gasteiger partial charge in [-0.05, 0) is 6.42 Å². The van der Waals surface area contributed by atoms with Crippen molar-refractivity contribution in [2.75, 3.05) is 13.1 Å². The van der Waals surface area contributed by atoms with Crippen LogP contribution < -0.4 is 10.6 Å². The predicted octanol–water partition coefficient (Wildman–Crippen LogP) is 1.13. The van der Waals surface area contributed by atoms with Gasteiger partial charge in [0.25, 0.3) is 5.70 Å². The third kappa shape index (κ3) is 4.65. The molecule has 0 radical (unpaired) electrons. The Bertz CT molecular complexity index is 458. The first-order valence-corrected chi connectivity index (χ1v) is 5.83. The number of halogens is 3. The van der Waals surface area contributed by atoms with Crippen molar-refractivity contribution in [3.8, 4) is 0 Å². The van der Waals surface area contributed by atoms with Crippen molar-refractivity contribution in [2.45, 2.75) is 25.6 Å². The van der Waals surface area contributed by atoms with Crippen LogP contribution in [0.2, 0.25) is 0 Å². The average Bonchev–Trinajstić information content (AvgIpc) is 2.33. The number of hydrogen-bond acceptors (Lipinski definition) is 4. The van der Waals surface area contributed by atoms with Gasteiger partial charge in [-0.3, -0.25) is 14.9 Å². The fourth-order valence-corrected chi connectivity index (χ4v) is 1.73. The number of nitrogens with one attached hydrogen (secondary N) is 2. The number of amides is 1. The zero-order chi connectivity index (χ0) is 15.3. The number of hydrogen-bond donors (Lipinski definition) is 2. The Kier molecular flexibility index (Phi) is 5.26. The van der Waals surface area contributed by atoms with Gasteiger partial charge in [0.1, 0.15) is 6.04 Å². The smallest absolute Gasteiger partial charge is 0.355 e. The summed E-state index contributed by atoms with van der Waals surface area (Å²) >= 11 is 0. The molecule has 0 aliphatic heterocycles. The predicted molar refractivity (Wildman–Crippen MR) is 64.3 cm³/mol. The number of carbonyl (C=O) groups excluding carboxylic acids is 1. The van der Waals surface area contributed by atoms with Gasteiger partial charge in [-0.1, -0.05) is 6.08 Å². The fraction of sp³-hybridized carbons (Fsp3) is 0.545. The fourth-order valence-electron chi connectivity index (χ4n) is 1.73. The molecule has 0 spiro atoms. The van der Waals surface area contributed by atoms with E-state index >= 15 is 0 Å². The van der Waals surface area contributed by atoms with E-state index in [4.69, 9.17) is 0 Å². The summed E-state index contributed by atoms with van der Waals surface area (Å²) in [6.45, 7) is 1.79. The maximum absolute atomic E-state index is 12.5. The van der Waals surface area contributed by atoms with E-state index in [-0.39, 0.29) is 25.4 Å². The van der Waals surface area contributed by atoms with Crippen LogP contribution in [0.3, 0.4) is 0 Å². The summed E-state index contributed by atoms with van der Waals surface area (Å²) in [4.78, 5) is 20.6. The van der Waals surface area contributed by atoms with Gasteiger partial charge in [0.05, 0.1) is 10.5 Å². The summed E-state index contributed by atoms with van der Waals surface area (Å²) < 4.78 is 37.5. The number of nitrogens with zero attached hydrogens (tertiary/aromatic N) is 1. The summed E-state index contributed by atoms with van der Waals surface area (Å²) in [5, 5.41) is 16.0. The molecule has 0 aromatic carbocycles. The molecule has 0 bridgehead atoms. The van der Waals surface area contributed by atoms with E-state index in [9.17, 15) is 28.1 Å². The van der Waals surface area contributed by atoms with Crippen LogP contribution in [0.25, 0.3) is 0 Å². The highest BCUT2D eigenvalue weighted by Crippen LogP contribution is 2.31. The molecule has 2 N–H and O–H groups in total. The third-order valence-corrected chi connectivity index (χ3v) is 2.66. The van der Waals surface area contributed by atoms with Crippen LogP contribution in [0.15, 0.2) is 23.4 Å². The molecule has 1 aliphatic carbocycles. The first kappa shape index (κ1) is 16.2. The van der Waals surface area contributed by atoms with Gasteiger partial charge in [-0.2, -0.15) is 13.2 Å². The minimum Gasteiger partial charge on any atom is -0.355 e. The molecule has 1 amide bonds. The van der Waals surface area contributed by atoms with Crippen LogP contribution in [0, 0.1) is 10.1 Å². The summed E-state index contributed by atoms with van der Waals surface area (Å²) in [5.41, 5.74) is -1.54. The van der Waals surface area contributed by atoms with Gasteiger partial charge in [0.15, 0.2) is 0 Å². The Morgan fingerprint density at radius 2 is 2.15 bits per heavy atom. The maximum atomic E-state index is 12.5. The Hall–Kier alpha value is -1.90. The maximum Gasteiger partial charge on any atom is 0.416 e. The van der Waals surface area contributed by atoms with E-state index in [0.717, 1.165) is 6.08 Å². The molecule has 1 rings (SSSR count). The first-order valence-electron chi connectivity index (χ1n) is 5.83. The molecule has 0 aromatic heterocycles. The van der Waals surface area contributed by atoms with Crippen molar-refractivity contribution in [1.29, 1.82) is 0 Å². The van der Waals surface area contributed by atoms with E-state index in [0.29, 0.717) is 6.08 Å². The molecule has 0 saturated heterocycles. The highest BCUT2D eigenvalue weighted by atomic mass is 19.4. The monoisotopic (exact) mass is 293 g/mol. The summed E-state index contributed by atoms with van der Waals surface area (Å²) in [6, 6.07) is -0.801. The van der Waals surface area contributed by atoms with E-state index in [1.54, 1.807) is 0 Å². The highest BCUT2D eigenvalue weighted by molar-refractivity contribution is 5.72. The Morgan fingerprint density at radius 3 is 2.65 bits per heavy atom. The summed E-state index contributed by atoms with van der Waals surface area (Å²) in [7, 11) is 0. The summed E-state index contributed by atoms with van der Waals surface area (Å²) in [6.07, 6.45) is -3.26. The largest absolute Gasteiger partial charge is 0.416 e. The van der Waals surface area contributed by atoms with Crippen LogP contribution in [0.4, 0.5) is 13.2 Å². The van der Waals surface area contributed by atoms with Crippen molar-refractivity contribution in [3.63, 3.8) is 0 Å². The summed E-state index contributed by atoms with van der Waals surface area (Å²) in [5.74, 6) is -0.250. The molecule has 112 valence electrons. The molecular weight excluding hydrogens is 279 g/mol. The second-order valence-electron chi connectivity index (χ2n) is 4.21. The van der Waals surface area contributed by atoms with Crippen molar-refractivity contribution >= 4 is 5.91 Å². The van der Waals surface area contributed by atoms with Crippen LogP contribution in [-0.2, 0) is 4.79 Å². The SMILES string of the molecule is CC(=O)NCCNC1CC=C(C(F)(F)F)C=C1[N+](=O)[O-]. The second kappa shape index (κ2) is 6.51. The molecule has 0 saturated carbocycles. The lowest BCUT2D eigenvalue weighted by molar-refractivity contribution is -0.430. The lowest BCUT2D eigenvalue weighted by atomic mass is 9.99. The molecule has 1 atom stereocenters. The number of allylic oxidation sites excluding steroid dienone is 2. The molecule has 0 fully saturated rings. The second-order valence-corrected chi connectivity index (χ2v) is 4.21. The van der Waals surface area contributed by atoms with Gasteiger partial charge in [0.2, 0.25) is 5.91 Å². The van der Waals surface area contributed by atoms with Gasteiger partial charge in [0, 0.05) is 26.1 Å². The standard InChI is InChI=1S/C11H14F3N3O3/c1-7(18)15-4-5-16-9-3-2-8(11(12,13)14)6-10(9)17(19)20/h2,6,9,16H,3-5H2,1H3,(H,15,18). The molecule has 1 aliphatic rings. The van der Waals surface area contributed by atoms with Crippen LogP contribution in [0.5, 0.6) is 0 Å². The molecule has 6 nitrogen and oxygen atoms in total. The average molecular weight is 293 g/mol. The van der Waals surface area contributed by atoms with E-state index in [2.05, 4.69) is 10.6 Å². The Balaban J connectivity index is 2.67. The third-order valence-electron chi connectivity index (χ3n) is 2.66. The molecule has 9 heteroatoms. The number of nitro groups is 1. The quantitative estimate of drug-likeness (QED) is 0.452. The Labute approximate surface area is 112 Å². The van der Waals surface area contributed by atoms with E-state index < -0.39 is 28.4 Å². The van der Waals surface area contributed by atoms with Gasteiger partial charge in [-0.15, -0.1) is 0 Å². The van der Waals surface area contributed by atoms with Crippen LogP contribution in [0.1, 0.15) is 13.3 Å². The zero-order valence-corrected chi connectivity index (χ0v) is 10.7. The van der Waals surface area contributed by atoms with Crippen molar-refractivity contribution in [2.24, 2.45) is 0 Å². The van der Waals surface area contributed by atoms with Crippen molar-refractivity contribution in [1.82, 2.24) is 10.6 Å². The minimum absolute atomic E-state index is 0.123. The molecule has 20 heavy (non-hydrogen) atoms. The molecule has 1 unspecified atom stereocenters. The molecular formula is C11H14F3N3O3. The van der Waals surface area contributed by atoms with Gasteiger partial charge in [-0.25, -0.2) is 0 Å². The van der Waals surface area contributed by atoms with Crippen LogP contribution in [-0.4, -0.2) is 36.1 Å². The number of alkyl halides is 3. The highest BCUT2D eigenvalue weighted by Gasteiger charge is 2.38. The zero-order valence-electron chi connectivity index (χ0n) is 10.7. The van der Waals surface area contributed by atoms with Gasteiger partial charge < -0.3 is 10.6 Å².